The monoisotopic (exact) mass is 402 g/mol. The molecule has 0 amide bonds. The molecule has 1 fully saturated rings. The van der Waals surface area contributed by atoms with E-state index in [1.165, 1.54) is 0 Å². The molecule has 6 nitrogen and oxygen atoms in total. The number of rotatable bonds is 2. The first-order chi connectivity index (χ1) is 14.2. The van der Waals surface area contributed by atoms with Crippen LogP contribution in [0.1, 0.15) is 53.3 Å². The number of hydrogen-bond acceptors (Lipinski definition) is 6. The summed E-state index contributed by atoms with van der Waals surface area (Å²) in [5, 5.41) is 2.02. The van der Waals surface area contributed by atoms with Crippen LogP contribution in [0.2, 0.25) is 0 Å². The van der Waals surface area contributed by atoms with Crippen LogP contribution in [0.3, 0.4) is 0 Å². The van der Waals surface area contributed by atoms with E-state index in [-0.39, 0.29) is 5.97 Å². The SMILES string of the molecule is O=C1O[C@]2(CC[C@H](c3nc4nc(-c5cccs5)ncc4[nH]3)CC2)c2ccccc21. The van der Waals surface area contributed by atoms with E-state index < -0.39 is 5.60 Å². The number of nitrogens with zero attached hydrogens (tertiary/aromatic N) is 3. The Kier molecular flexibility index (Phi) is 3.61. The fourth-order valence-electron chi connectivity index (χ4n) is 4.62. The first-order valence-corrected chi connectivity index (χ1v) is 10.7. The van der Waals surface area contributed by atoms with Gasteiger partial charge in [-0.15, -0.1) is 11.3 Å². The van der Waals surface area contributed by atoms with E-state index in [9.17, 15) is 4.79 Å². The van der Waals surface area contributed by atoms with Crippen LogP contribution in [0.25, 0.3) is 21.9 Å². The number of esters is 1. The van der Waals surface area contributed by atoms with Gasteiger partial charge in [-0.1, -0.05) is 24.3 Å². The van der Waals surface area contributed by atoms with Crippen LogP contribution in [-0.2, 0) is 10.3 Å². The van der Waals surface area contributed by atoms with Crippen molar-refractivity contribution in [1.29, 1.82) is 0 Å². The smallest absolute Gasteiger partial charge is 0.339 e. The van der Waals surface area contributed by atoms with Crippen molar-refractivity contribution < 1.29 is 9.53 Å². The molecule has 29 heavy (non-hydrogen) atoms. The molecule has 1 spiro atoms. The molecule has 3 aromatic heterocycles. The van der Waals surface area contributed by atoms with Gasteiger partial charge in [0, 0.05) is 11.5 Å². The highest BCUT2D eigenvalue weighted by atomic mass is 32.1. The summed E-state index contributed by atoms with van der Waals surface area (Å²) in [6.07, 6.45) is 5.25. The van der Waals surface area contributed by atoms with Gasteiger partial charge < -0.3 is 9.72 Å². The number of H-pyrrole nitrogens is 1. The Balaban J connectivity index is 1.27. The molecule has 7 heteroatoms. The third-order valence-electron chi connectivity index (χ3n) is 6.11. The van der Waals surface area contributed by atoms with Gasteiger partial charge in [-0.25, -0.2) is 19.7 Å². The van der Waals surface area contributed by atoms with Gasteiger partial charge >= 0.3 is 5.97 Å². The number of nitrogens with one attached hydrogen (secondary N) is 1. The number of carbonyl (C=O) groups is 1. The van der Waals surface area contributed by atoms with Crippen LogP contribution in [0.15, 0.2) is 48.0 Å². The molecule has 1 saturated carbocycles. The van der Waals surface area contributed by atoms with Crippen molar-refractivity contribution in [1.82, 2.24) is 19.9 Å². The van der Waals surface area contributed by atoms with Crippen molar-refractivity contribution in [3.8, 4) is 10.7 Å². The Morgan fingerprint density at radius 3 is 2.79 bits per heavy atom. The largest absolute Gasteiger partial charge is 0.451 e. The van der Waals surface area contributed by atoms with Gasteiger partial charge in [0.25, 0.3) is 0 Å². The average Bonchev–Trinajstić information content (AvgIpc) is 3.48. The highest BCUT2D eigenvalue weighted by Crippen LogP contribution is 2.49. The van der Waals surface area contributed by atoms with Crippen LogP contribution in [0.5, 0.6) is 0 Å². The second-order valence-electron chi connectivity index (χ2n) is 7.73. The van der Waals surface area contributed by atoms with Crippen LogP contribution < -0.4 is 0 Å². The Hall–Kier alpha value is -3.06. The van der Waals surface area contributed by atoms with E-state index in [2.05, 4.69) is 15.0 Å². The molecule has 1 aromatic carbocycles. The number of carbonyl (C=O) groups excluding carboxylic acids is 1. The number of imidazole rings is 1. The molecule has 0 unspecified atom stereocenters. The van der Waals surface area contributed by atoms with Crippen molar-refractivity contribution >= 4 is 28.5 Å². The van der Waals surface area contributed by atoms with Crippen molar-refractivity contribution in [3.05, 3.63) is 64.9 Å². The van der Waals surface area contributed by atoms with Crippen molar-refractivity contribution in [2.24, 2.45) is 0 Å². The van der Waals surface area contributed by atoms with Crippen LogP contribution >= 0.6 is 11.3 Å². The third-order valence-corrected chi connectivity index (χ3v) is 6.97. The van der Waals surface area contributed by atoms with E-state index in [1.54, 1.807) is 11.3 Å². The summed E-state index contributed by atoms with van der Waals surface area (Å²) in [6.45, 7) is 0. The summed E-state index contributed by atoms with van der Waals surface area (Å²) in [4.78, 5) is 30.6. The Morgan fingerprint density at radius 2 is 1.97 bits per heavy atom. The molecule has 0 bridgehead atoms. The van der Waals surface area contributed by atoms with Crippen molar-refractivity contribution in [2.45, 2.75) is 37.2 Å². The Morgan fingerprint density at radius 1 is 1.10 bits per heavy atom. The molecular formula is C22H18N4O2S. The topological polar surface area (TPSA) is 80.8 Å². The molecule has 1 aliphatic heterocycles. The van der Waals surface area contributed by atoms with Gasteiger partial charge in [-0.3, -0.25) is 0 Å². The normalized spacial score (nSPS) is 23.4. The van der Waals surface area contributed by atoms with Gasteiger partial charge in [0.2, 0.25) is 0 Å². The molecule has 1 N–H and O–H groups in total. The lowest BCUT2D eigenvalue weighted by atomic mass is 9.75. The predicted molar refractivity (Wildman–Crippen MR) is 110 cm³/mol. The minimum atomic E-state index is -0.470. The standard InChI is InChI=1S/C22H18N4O2S/c27-21-14-4-1-2-5-15(14)22(28-21)9-7-13(8-10-22)18-24-16-12-23-20(26-19(16)25-18)17-6-3-11-29-17/h1-6,11-13H,7-10H2,(H,23,24,25,26)/t13-,22-. The van der Waals surface area contributed by atoms with Crippen LogP contribution in [0.4, 0.5) is 0 Å². The minimum absolute atomic E-state index is 0.195. The van der Waals surface area contributed by atoms with Crippen molar-refractivity contribution in [2.75, 3.05) is 0 Å². The summed E-state index contributed by atoms with van der Waals surface area (Å²) < 4.78 is 5.87. The number of thiophene rings is 1. The number of aromatic nitrogens is 4. The average molecular weight is 402 g/mol. The molecule has 4 heterocycles. The number of benzene rings is 1. The zero-order chi connectivity index (χ0) is 19.4. The highest BCUT2D eigenvalue weighted by Gasteiger charge is 2.47. The molecule has 0 radical (unpaired) electrons. The van der Waals surface area contributed by atoms with E-state index >= 15 is 0 Å². The van der Waals surface area contributed by atoms with Gasteiger partial charge in [-0.2, -0.15) is 0 Å². The molecule has 0 saturated heterocycles. The molecule has 4 aromatic rings. The van der Waals surface area contributed by atoms with E-state index in [0.717, 1.165) is 47.5 Å². The fourth-order valence-corrected chi connectivity index (χ4v) is 5.28. The lowest BCUT2D eigenvalue weighted by molar-refractivity contribution is -0.0312. The van der Waals surface area contributed by atoms with E-state index in [4.69, 9.17) is 9.72 Å². The zero-order valence-electron chi connectivity index (χ0n) is 15.6. The zero-order valence-corrected chi connectivity index (χ0v) is 16.4. The minimum Gasteiger partial charge on any atom is -0.451 e. The quantitative estimate of drug-likeness (QED) is 0.487. The number of fused-ring (bicyclic) bond motifs is 3. The number of aromatic amines is 1. The summed E-state index contributed by atoms with van der Waals surface area (Å²) in [5.74, 6) is 1.76. The van der Waals surface area contributed by atoms with Gasteiger partial charge in [0.05, 0.1) is 16.6 Å². The first-order valence-electron chi connectivity index (χ1n) is 9.81. The van der Waals surface area contributed by atoms with Gasteiger partial charge in [0.1, 0.15) is 16.9 Å². The molecule has 6 rings (SSSR count). The summed E-state index contributed by atoms with van der Waals surface area (Å²) in [5.41, 5.74) is 2.85. The van der Waals surface area contributed by atoms with E-state index in [1.807, 2.05) is 48.0 Å². The first kappa shape index (κ1) is 16.9. The second-order valence-corrected chi connectivity index (χ2v) is 8.68. The van der Waals surface area contributed by atoms with E-state index in [0.29, 0.717) is 23.0 Å². The Labute approximate surface area is 171 Å². The lowest BCUT2D eigenvalue weighted by Gasteiger charge is -2.35. The van der Waals surface area contributed by atoms with Gasteiger partial charge in [-0.05, 0) is 43.2 Å². The number of ether oxygens (including phenoxy) is 1. The maximum absolute atomic E-state index is 12.3. The summed E-state index contributed by atoms with van der Waals surface area (Å²) in [6, 6.07) is 11.8. The second kappa shape index (κ2) is 6.22. The fraction of sp³-hybridized carbons (Fsp3) is 0.273. The molecular weight excluding hydrogens is 384 g/mol. The Bertz CT molecular complexity index is 1220. The maximum atomic E-state index is 12.3. The summed E-state index contributed by atoms with van der Waals surface area (Å²) in [7, 11) is 0. The molecule has 0 atom stereocenters. The highest BCUT2D eigenvalue weighted by molar-refractivity contribution is 7.13. The molecule has 144 valence electrons. The maximum Gasteiger partial charge on any atom is 0.339 e. The number of hydrogen-bond donors (Lipinski definition) is 1. The third kappa shape index (κ3) is 2.61. The molecule has 1 aliphatic carbocycles. The van der Waals surface area contributed by atoms with Gasteiger partial charge in [0.15, 0.2) is 11.5 Å². The predicted octanol–water partition coefficient (Wildman–Crippen LogP) is 4.80. The summed E-state index contributed by atoms with van der Waals surface area (Å²) >= 11 is 1.62. The van der Waals surface area contributed by atoms with Crippen molar-refractivity contribution in [3.63, 3.8) is 0 Å². The lowest BCUT2D eigenvalue weighted by Crippen LogP contribution is -2.31. The van der Waals surface area contributed by atoms with Crippen LogP contribution in [-0.4, -0.2) is 25.9 Å². The molecule has 2 aliphatic rings. The van der Waals surface area contributed by atoms with Crippen LogP contribution in [0, 0.1) is 0 Å².